The molecule has 0 aromatic carbocycles. The zero-order chi connectivity index (χ0) is 16.0. The summed E-state index contributed by atoms with van der Waals surface area (Å²) in [6, 6.07) is 0.0753. The minimum atomic E-state index is -0.116. The van der Waals surface area contributed by atoms with E-state index in [1.54, 1.807) is 0 Å². The SMILES string of the molecule is CCN(CC)C(=O)N1CCN(C(=O)C(CN)C(C)C)CC1. The number of piperazine rings is 1. The van der Waals surface area contributed by atoms with Gasteiger partial charge in [-0.1, -0.05) is 13.8 Å². The van der Waals surface area contributed by atoms with Crippen LogP contribution < -0.4 is 5.73 Å². The third kappa shape index (κ3) is 4.33. The lowest BCUT2D eigenvalue weighted by molar-refractivity contribution is -0.138. The molecule has 6 heteroatoms. The van der Waals surface area contributed by atoms with Crippen LogP contribution in [0.15, 0.2) is 0 Å². The normalized spacial score (nSPS) is 17.0. The van der Waals surface area contributed by atoms with Gasteiger partial charge in [-0.3, -0.25) is 4.79 Å². The van der Waals surface area contributed by atoms with Crippen LogP contribution in [0.5, 0.6) is 0 Å². The van der Waals surface area contributed by atoms with Crippen molar-refractivity contribution < 1.29 is 9.59 Å². The van der Waals surface area contributed by atoms with Gasteiger partial charge >= 0.3 is 6.03 Å². The number of rotatable bonds is 5. The van der Waals surface area contributed by atoms with Crippen molar-refractivity contribution in [1.29, 1.82) is 0 Å². The number of amides is 3. The molecule has 122 valence electrons. The van der Waals surface area contributed by atoms with E-state index in [1.807, 2.05) is 42.4 Å². The highest BCUT2D eigenvalue weighted by Gasteiger charge is 2.30. The lowest BCUT2D eigenvalue weighted by Gasteiger charge is -2.38. The molecule has 1 rings (SSSR count). The molecule has 0 aliphatic carbocycles. The fraction of sp³-hybridized carbons (Fsp3) is 0.867. The molecule has 1 atom stereocenters. The maximum absolute atomic E-state index is 12.4. The Morgan fingerprint density at radius 2 is 1.52 bits per heavy atom. The van der Waals surface area contributed by atoms with Gasteiger partial charge < -0.3 is 20.4 Å². The fourth-order valence-corrected chi connectivity index (χ4v) is 2.70. The van der Waals surface area contributed by atoms with E-state index in [2.05, 4.69) is 0 Å². The predicted octanol–water partition coefficient (Wildman–Crippen LogP) is 0.823. The van der Waals surface area contributed by atoms with Crippen LogP contribution in [0.2, 0.25) is 0 Å². The molecule has 0 radical (unpaired) electrons. The Bertz CT molecular complexity index is 348. The van der Waals surface area contributed by atoms with Gasteiger partial charge in [0.2, 0.25) is 5.91 Å². The topological polar surface area (TPSA) is 69.9 Å². The first-order valence-electron chi connectivity index (χ1n) is 7.98. The summed E-state index contributed by atoms with van der Waals surface area (Å²) in [5, 5.41) is 0. The Hall–Kier alpha value is -1.30. The van der Waals surface area contributed by atoms with Gasteiger partial charge in [-0.2, -0.15) is 0 Å². The number of urea groups is 1. The van der Waals surface area contributed by atoms with Crippen molar-refractivity contribution in [2.24, 2.45) is 17.6 Å². The predicted molar refractivity (Wildman–Crippen MR) is 83.9 cm³/mol. The second-order valence-electron chi connectivity index (χ2n) is 5.85. The lowest BCUT2D eigenvalue weighted by atomic mass is 9.94. The molecule has 0 saturated carbocycles. The molecular weight excluding hydrogens is 268 g/mol. The Morgan fingerprint density at radius 3 is 1.90 bits per heavy atom. The Balaban J connectivity index is 2.55. The monoisotopic (exact) mass is 298 g/mol. The van der Waals surface area contributed by atoms with Gasteiger partial charge in [0.1, 0.15) is 0 Å². The number of carbonyl (C=O) groups is 2. The van der Waals surface area contributed by atoms with E-state index < -0.39 is 0 Å². The van der Waals surface area contributed by atoms with Crippen molar-refractivity contribution in [1.82, 2.24) is 14.7 Å². The molecule has 1 saturated heterocycles. The average Bonchev–Trinajstić information content (AvgIpc) is 2.48. The number of nitrogens with two attached hydrogens (primary N) is 1. The van der Waals surface area contributed by atoms with Crippen molar-refractivity contribution >= 4 is 11.9 Å². The molecule has 2 N–H and O–H groups in total. The van der Waals surface area contributed by atoms with Crippen LogP contribution in [0.3, 0.4) is 0 Å². The molecule has 1 aliphatic heterocycles. The summed E-state index contributed by atoms with van der Waals surface area (Å²) in [5.41, 5.74) is 5.71. The highest BCUT2D eigenvalue weighted by atomic mass is 16.2. The van der Waals surface area contributed by atoms with E-state index >= 15 is 0 Å². The first-order valence-corrected chi connectivity index (χ1v) is 7.98. The van der Waals surface area contributed by atoms with Gasteiger partial charge in [0, 0.05) is 45.8 Å². The van der Waals surface area contributed by atoms with E-state index in [0.717, 1.165) is 13.1 Å². The van der Waals surface area contributed by atoms with Gasteiger partial charge in [-0.25, -0.2) is 4.79 Å². The maximum Gasteiger partial charge on any atom is 0.320 e. The molecule has 1 heterocycles. The lowest BCUT2D eigenvalue weighted by Crippen LogP contribution is -2.55. The van der Waals surface area contributed by atoms with Gasteiger partial charge in [0.05, 0.1) is 5.92 Å². The van der Waals surface area contributed by atoms with E-state index in [4.69, 9.17) is 5.73 Å². The summed E-state index contributed by atoms with van der Waals surface area (Å²) in [6.45, 7) is 12.3. The number of hydrogen-bond donors (Lipinski definition) is 1. The van der Waals surface area contributed by atoms with Gasteiger partial charge in [-0.05, 0) is 19.8 Å². The van der Waals surface area contributed by atoms with Crippen molar-refractivity contribution in [2.45, 2.75) is 27.7 Å². The van der Waals surface area contributed by atoms with Crippen molar-refractivity contribution in [3.63, 3.8) is 0 Å². The smallest absolute Gasteiger partial charge is 0.320 e. The van der Waals surface area contributed by atoms with Crippen molar-refractivity contribution in [3.05, 3.63) is 0 Å². The second-order valence-corrected chi connectivity index (χ2v) is 5.85. The van der Waals surface area contributed by atoms with Crippen molar-refractivity contribution in [3.8, 4) is 0 Å². The minimum absolute atomic E-state index is 0.0753. The first-order chi connectivity index (χ1) is 9.96. The highest BCUT2D eigenvalue weighted by Crippen LogP contribution is 2.15. The van der Waals surface area contributed by atoms with Gasteiger partial charge in [0.25, 0.3) is 0 Å². The molecule has 3 amide bonds. The molecule has 0 bridgehead atoms. The standard InChI is InChI=1S/C15H30N4O2/c1-5-17(6-2)15(21)19-9-7-18(8-10-19)14(20)13(11-16)12(3)4/h12-13H,5-11,16H2,1-4H3. The summed E-state index contributed by atoms with van der Waals surface area (Å²) in [5.74, 6) is 0.260. The van der Waals surface area contributed by atoms with Crippen LogP contribution in [-0.4, -0.2) is 72.5 Å². The number of carbonyl (C=O) groups excluding carboxylic acids is 2. The molecule has 1 aliphatic rings. The number of nitrogens with zero attached hydrogens (tertiary/aromatic N) is 3. The van der Waals surface area contributed by atoms with Gasteiger partial charge in [-0.15, -0.1) is 0 Å². The van der Waals surface area contributed by atoms with Gasteiger partial charge in [0.15, 0.2) is 0 Å². The van der Waals surface area contributed by atoms with E-state index in [9.17, 15) is 9.59 Å². The Kier molecular flexibility index (Phi) is 6.95. The van der Waals surface area contributed by atoms with Crippen LogP contribution in [0, 0.1) is 11.8 Å². The summed E-state index contributed by atoms with van der Waals surface area (Å²) < 4.78 is 0. The summed E-state index contributed by atoms with van der Waals surface area (Å²) >= 11 is 0. The minimum Gasteiger partial charge on any atom is -0.339 e. The maximum atomic E-state index is 12.4. The Morgan fingerprint density at radius 1 is 1.05 bits per heavy atom. The third-order valence-corrected chi connectivity index (χ3v) is 4.27. The van der Waals surface area contributed by atoms with Crippen LogP contribution >= 0.6 is 0 Å². The Labute approximate surface area is 128 Å². The highest BCUT2D eigenvalue weighted by molar-refractivity contribution is 5.80. The van der Waals surface area contributed by atoms with Crippen molar-refractivity contribution in [2.75, 3.05) is 45.8 Å². The summed E-state index contributed by atoms with van der Waals surface area (Å²) in [6.07, 6.45) is 0. The first kappa shape index (κ1) is 17.8. The molecule has 1 fully saturated rings. The van der Waals surface area contributed by atoms with E-state index in [1.165, 1.54) is 0 Å². The molecule has 0 aromatic rings. The molecular formula is C15H30N4O2. The fourth-order valence-electron chi connectivity index (χ4n) is 2.70. The third-order valence-electron chi connectivity index (χ3n) is 4.27. The zero-order valence-corrected chi connectivity index (χ0v) is 13.8. The molecule has 21 heavy (non-hydrogen) atoms. The second kappa shape index (κ2) is 8.22. The van der Waals surface area contributed by atoms with Crippen LogP contribution in [0.25, 0.3) is 0 Å². The summed E-state index contributed by atoms with van der Waals surface area (Å²) in [4.78, 5) is 30.2. The zero-order valence-electron chi connectivity index (χ0n) is 13.8. The number of hydrogen-bond acceptors (Lipinski definition) is 3. The quantitative estimate of drug-likeness (QED) is 0.817. The van der Waals surface area contributed by atoms with Crippen LogP contribution in [-0.2, 0) is 4.79 Å². The molecule has 0 spiro atoms. The largest absolute Gasteiger partial charge is 0.339 e. The van der Waals surface area contributed by atoms with E-state index in [0.29, 0.717) is 32.7 Å². The molecule has 6 nitrogen and oxygen atoms in total. The molecule has 1 unspecified atom stereocenters. The van der Waals surface area contributed by atoms with E-state index in [-0.39, 0.29) is 23.8 Å². The average molecular weight is 298 g/mol. The van der Waals surface area contributed by atoms with Crippen LogP contribution in [0.1, 0.15) is 27.7 Å². The van der Waals surface area contributed by atoms with Crippen LogP contribution in [0.4, 0.5) is 4.79 Å². The molecule has 0 aromatic heterocycles. The summed E-state index contributed by atoms with van der Waals surface area (Å²) in [7, 11) is 0.